The SMILES string of the molecule is C#CC(F)(F)C1(CC(C)(C)C)N=N1. The van der Waals surface area contributed by atoms with E-state index >= 15 is 0 Å². The Morgan fingerprint density at radius 2 is 1.77 bits per heavy atom. The highest BCUT2D eigenvalue weighted by molar-refractivity contribution is 5.19. The first-order chi connectivity index (χ1) is 5.72. The lowest BCUT2D eigenvalue weighted by molar-refractivity contribution is 0.000404. The Balaban J connectivity index is 2.76. The minimum absolute atomic E-state index is 0.178. The van der Waals surface area contributed by atoms with Crippen LogP contribution in [-0.2, 0) is 0 Å². The van der Waals surface area contributed by atoms with Crippen LogP contribution in [0.3, 0.4) is 0 Å². The summed E-state index contributed by atoms with van der Waals surface area (Å²) in [6.45, 7) is 5.56. The third-order valence-corrected chi connectivity index (χ3v) is 1.80. The molecule has 0 unspecified atom stereocenters. The largest absolute Gasteiger partial charge is 0.355 e. The molecule has 0 saturated carbocycles. The summed E-state index contributed by atoms with van der Waals surface area (Å²) in [5.74, 6) is -1.80. The topological polar surface area (TPSA) is 24.7 Å². The Kier molecular flexibility index (Phi) is 1.95. The summed E-state index contributed by atoms with van der Waals surface area (Å²) in [6.07, 6.45) is 4.91. The Labute approximate surface area is 76.4 Å². The molecule has 1 aliphatic heterocycles. The molecule has 0 atom stereocenters. The maximum atomic E-state index is 13.1. The predicted molar refractivity (Wildman–Crippen MR) is 45.4 cm³/mol. The van der Waals surface area contributed by atoms with Crippen molar-refractivity contribution in [3.05, 3.63) is 0 Å². The van der Waals surface area contributed by atoms with Crippen molar-refractivity contribution in [3.63, 3.8) is 0 Å². The lowest BCUT2D eigenvalue weighted by Crippen LogP contribution is -2.38. The second-order valence-electron chi connectivity index (χ2n) is 4.47. The van der Waals surface area contributed by atoms with Crippen molar-refractivity contribution < 1.29 is 8.78 Å². The van der Waals surface area contributed by atoms with Gasteiger partial charge < -0.3 is 0 Å². The van der Waals surface area contributed by atoms with Crippen LogP contribution in [0.2, 0.25) is 0 Å². The summed E-state index contributed by atoms with van der Waals surface area (Å²) in [6, 6.07) is 0. The molecular formula is C9H12F2N2. The number of nitrogens with zero attached hydrogens (tertiary/aromatic N) is 2. The average Bonchev–Trinajstić information content (AvgIpc) is 2.66. The second kappa shape index (κ2) is 2.50. The maximum Gasteiger partial charge on any atom is 0.355 e. The Morgan fingerprint density at radius 3 is 2.00 bits per heavy atom. The van der Waals surface area contributed by atoms with Crippen LogP contribution in [0.5, 0.6) is 0 Å². The number of rotatable bonds is 2. The smallest absolute Gasteiger partial charge is 0.187 e. The molecule has 0 aliphatic carbocycles. The molecule has 72 valence electrons. The molecule has 2 nitrogen and oxygen atoms in total. The minimum Gasteiger partial charge on any atom is -0.187 e. The lowest BCUT2D eigenvalue weighted by Gasteiger charge is -2.25. The molecule has 0 fully saturated rings. The third-order valence-electron chi connectivity index (χ3n) is 1.80. The summed E-state index contributed by atoms with van der Waals surface area (Å²) < 4.78 is 26.2. The van der Waals surface area contributed by atoms with Gasteiger partial charge in [0, 0.05) is 6.42 Å². The van der Waals surface area contributed by atoms with Crippen LogP contribution in [0.25, 0.3) is 0 Å². The molecule has 0 aromatic heterocycles. The second-order valence-corrected chi connectivity index (χ2v) is 4.47. The molecule has 1 aliphatic rings. The van der Waals surface area contributed by atoms with Gasteiger partial charge in [-0.2, -0.15) is 19.0 Å². The normalized spacial score (nSPS) is 19.7. The van der Waals surface area contributed by atoms with Gasteiger partial charge in [-0.25, -0.2) is 0 Å². The first-order valence-corrected chi connectivity index (χ1v) is 4.02. The Hall–Kier alpha value is -0.980. The van der Waals surface area contributed by atoms with Crippen molar-refractivity contribution in [1.82, 2.24) is 0 Å². The van der Waals surface area contributed by atoms with E-state index in [2.05, 4.69) is 10.2 Å². The van der Waals surface area contributed by atoms with E-state index in [1.165, 1.54) is 5.92 Å². The molecule has 0 bridgehead atoms. The summed E-state index contributed by atoms with van der Waals surface area (Å²) in [4.78, 5) is 0. The van der Waals surface area contributed by atoms with Gasteiger partial charge in [0.15, 0.2) is 0 Å². The van der Waals surface area contributed by atoms with Crippen LogP contribution in [-0.4, -0.2) is 11.6 Å². The van der Waals surface area contributed by atoms with E-state index in [1.54, 1.807) is 0 Å². The van der Waals surface area contributed by atoms with Crippen molar-refractivity contribution in [2.24, 2.45) is 15.6 Å². The molecule has 0 radical (unpaired) electrons. The zero-order valence-corrected chi connectivity index (χ0v) is 7.93. The molecule has 1 heterocycles. The van der Waals surface area contributed by atoms with Crippen molar-refractivity contribution in [2.45, 2.75) is 38.8 Å². The molecule has 4 heteroatoms. The monoisotopic (exact) mass is 186 g/mol. The summed E-state index contributed by atoms with van der Waals surface area (Å²) in [7, 11) is 0. The molecule has 0 aromatic rings. The van der Waals surface area contributed by atoms with E-state index in [-0.39, 0.29) is 11.8 Å². The molecule has 13 heavy (non-hydrogen) atoms. The highest BCUT2D eigenvalue weighted by atomic mass is 19.3. The van der Waals surface area contributed by atoms with Crippen molar-refractivity contribution in [3.8, 4) is 12.3 Å². The maximum absolute atomic E-state index is 13.1. The van der Waals surface area contributed by atoms with Gasteiger partial charge >= 0.3 is 5.92 Å². The first-order valence-electron chi connectivity index (χ1n) is 4.02. The molecule has 0 aromatic carbocycles. The van der Waals surface area contributed by atoms with Crippen LogP contribution in [0, 0.1) is 17.8 Å². The average molecular weight is 186 g/mol. The van der Waals surface area contributed by atoms with Crippen LogP contribution in [0.1, 0.15) is 27.2 Å². The van der Waals surface area contributed by atoms with Gasteiger partial charge in [0.2, 0.25) is 0 Å². The highest BCUT2D eigenvalue weighted by Crippen LogP contribution is 2.49. The van der Waals surface area contributed by atoms with Gasteiger partial charge in [-0.3, -0.25) is 0 Å². The number of halogens is 2. The highest BCUT2D eigenvalue weighted by Gasteiger charge is 2.62. The molecular weight excluding hydrogens is 174 g/mol. The van der Waals surface area contributed by atoms with E-state index in [9.17, 15) is 8.78 Å². The van der Waals surface area contributed by atoms with Crippen molar-refractivity contribution in [1.29, 1.82) is 0 Å². The number of alkyl halides is 2. The van der Waals surface area contributed by atoms with Gasteiger partial charge in [0.25, 0.3) is 5.66 Å². The number of hydrogen-bond donors (Lipinski definition) is 0. The molecule has 0 amide bonds. The first kappa shape index (κ1) is 10.1. The van der Waals surface area contributed by atoms with Gasteiger partial charge in [0.1, 0.15) is 0 Å². The van der Waals surface area contributed by atoms with Crippen molar-refractivity contribution >= 4 is 0 Å². The quantitative estimate of drug-likeness (QED) is 0.592. The van der Waals surface area contributed by atoms with Gasteiger partial charge in [-0.1, -0.05) is 20.8 Å². The van der Waals surface area contributed by atoms with Gasteiger partial charge in [0.05, 0.1) is 0 Å². The summed E-state index contributed by atoms with van der Waals surface area (Å²) in [5, 5.41) is 6.79. The van der Waals surface area contributed by atoms with E-state index in [0.29, 0.717) is 0 Å². The van der Waals surface area contributed by atoms with E-state index < -0.39 is 11.6 Å². The fraction of sp³-hybridized carbons (Fsp3) is 0.778. The minimum atomic E-state index is -3.25. The molecule has 0 spiro atoms. The number of terminal acetylenes is 1. The predicted octanol–water partition coefficient (Wildman–Crippen LogP) is 2.85. The standard InChI is InChI=1S/C9H12F2N2/c1-5-8(10,11)9(12-13-9)6-7(2,3)4/h1H,6H2,2-4H3. The Morgan fingerprint density at radius 1 is 1.31 bits per heavy atom. The van der Waals surface area contributed by atoms with Crippen molar-refractivity contribution in [2.75, 3.05) is 0 Å². The van der Waals surface area contributed by atoms with Crippen LogP contribution < -0.4 is 0 Å². The van der Waals surface area contributed by atoms with Crippen LogP contribution in [0.4, 0.5) is 8.78 Å². The number of hydrogen-bond acceptors (Lipinski definition) is 2. The van der Waals surface area contributed by atoms with Gasteiger partial charge in [-0.15, -0.1) is 6.42 Å². The molecule has 0 N–H and O–H groups in total. The molecule has 1 rings (SSSR count). The summed E-state index contributed by atoms with van der Waals surface area (Å²) in [5.41, 5.74) is -1.90. The van der Waals surface area contributed by atoms with Gasteiger partial charge in [-0.05, 0) is 11.3 Å². The zero-order chi connectivity index (χ0) is 10.3. The van der Waals surface area contributed by atoms with E-state index in [1.807, 2.05) is 20.8 Å². The molecule has 0 saturated heterocycles. The third kappa shape index (κ3) is 1.85. The van der Waals surface area contributed by atoms with Crippen LogP contribution >= 0.6 is 0 Å². The van der Waals surface area contributed by atoms with E-state index in [4.69, 9.17) is 6.42 Å². The van der Waals surface area contributed by atoms with Crippen LogP contribution in [0.15, 0.2) is 10.2 Å². The Bertz CT molecular complexity index is 275. The van der Waals surface area contributed by atoms with E-state index in [0.717, 1.165) is 0 Å². The summed E-state index contributed by atoms with van der Waals surface area (Å²) >= 11 is 0. The lowest BCUT2D eigenvalue weighted by atomic mass is 9.84. The fourth-order valence-corrected chi connectivity index (χ4v) is 1.22. The fourth-order valence-electron chi connectivity index (χ4n) is 1.22. The zero-order valence-electron chi connectivity index (χ0n) is 7.93.